The van der Waals surface area contributed by atoms with Gasteiger partial charge in [0.25, 0.3) is 0 Å². The predicted octanol–water partition coefficient (Wildman–Crippen LogP) is 2.56. The van der Waals surface area contributed by atoms with E-state index < -0.39 is 0 Å². The van der Waals surface area contributed by atoms with E-state index in [4.69, 9.17) is 0 Å². The van der Waals surface area contributed by atoms with E-state index >= 15 is 0 Å². The Hall–Kier alpha value is -1.58. The second-order valence-electron chi connectivity index (χ2n) is 4.81. The highest BCUT2D eigenvalue weighted by molar-refractivity contribution is 5.81. The van der Waals surface area contributed by atoms with Crippen LogP contribution in [0.25, 0.3) is 0 Å². The minimum atomic E-state index is -0.275. The summed E-state index contributed by atoms with van der Waals surface area (Å²) in [5, 5.41) is 2.99. The molecule has 1 heterocycles. The zero-order chi connectivity index (χ0) is 13.0. The average molecular weight is 250 g/mol. The number of nitrogens with zero attached hydrogens (tertiary/aromatic N) is 1. The number of piperidine rings is 1. The number of hydrogen-bond acceptors (Lipinski definition) is 2. The first-order valence-electron chi connectivity index (χ1n) is 6.44. The summed E-state index contributed by atoms with van der Waals surface area (Å²) in [5.41, 5.74) is 1.51. The van der Waals surface area contributed by atoms with E-state index in [0.717, 1.165) is 31.5 Å². The number of benzene rings is 1. The molecule has 1 aliphatic rings. The summed E-state index contributed by atoms with van der Waals surface area (Å²) in [6.45, 7) is 3.77. The highest BCUT2D eigenvalue weighted by Crippen LogP contribution is 2.14. The van der Waals surface area contributed by atoms with Gasteiger partial charge in [0.05, 0.1) is 6.54 Å². The van der Waals surface area contributed by atoms with Gasteiger partial charge in [-0.15, -0.1) is 0 Å². The van der Waals surface area contributed by atoms with Gasteiger partial charge in [-0.3, -0.25) is 4.79 Å². The van der Waals surface area contributed by atoms with E-state index in [1.165, 1.54) is 18.6 Å². The zero-order valence-corrected chi connectivity index (χ0v) is 10.7. The molecule has 1 aromatic rings. The monoisotopic (exact) mass is 250 g/mol. The minimum absolute atomic E-state index is 0.0941. The summed E-state index contributed by atoms with van der Waals surface area (Å²) in [4.78, 5) is 13.8. The maximum absolute atomic E-state index is 13.2. The second-order valence-corrected chi connectivity index (χ2v) is 4.81. The molecule has 0 saturated carbocycles. The third-order valence-electron chi connectivity index (χ3n) is 3.19. The van der Waals surface area contributed by atoms with Crippen molar-refractivity contribution in [1.82, 2.24) is 4.90 Å². The molecular formula is C14H19FN2O. The maximum atomic E-state index is 13.2. The molecule has 1 saturated heterocycles. The van der Waals surface area contributed by atoms with E-state index in [-0.39, 0.29) is 18.3 Å². The van der Waals surface area contributed by atoms with Crippen molar-refractivity contribution >= 4 is 11.6 Å². The van der Waals surface area contributed by atoms with E-state index in [0.29, 0.717) is 5.69 Å². The molecule has 18 heavy (non-hydrogen) atoms. The van der Waals surface area contributed by atoms with Crippen molar-refractivity contribution < 1.29 is 9.18 Å². The largest absolute Gasteiger partial charge is 0.376 e. The minimum Gasteiger partial charge on any atom is -0.376 e. The highest BCUT2D eigenvalue weighted by Gasteiger charge is 2.15. The Labute approximate surface area is 107 Å². The molecule has 98 valence electrons. The van der Waals surface area contributed by atoms with Crippen molar-refractivity contribution in [3.8, 4) is 0 Å². The summed E-state index contributed by atoms with van der Waals surface area (Å²) in [5.74, 6) is -0.181. The van der Waals surface area contributed by atoms with Gasteiger partial charge in [-0.2, -0.15) is 0 Å². The first-order valence-corrected chi connectivity index (χ1v) is 6.44. The fourth-order valence-electron chi connectivity index (χ4n) is 2.27. The lowest BCUT2D eigenvalue weighted by Crippen LogP contribution is -2.39. The zero-order valence-electron chi connectivity index (χ0n) is 10.7. The van der Waals surface area contributed by atoms with Crippen LogP contribution in [0.1, 0.15) is 24.8 Å². The fourth-order valence-corrected chi connectivity index (χ4v) is 2.27. The van der Waals surface area contributed by atoms with Crippen LogP contribution >= 0.6 is 0 Å². The number of nitrogens with one attached hydrogen (secondary N) is 1. The quantitative estimate of drug-likeness (QED) is 0.894. The average Bonchev–Trinajstić information content (AvgIpc) is 2.36. The molecule has 2 rings (SSSR count). The van der Waals surface area contributed by atoms with Gasteiger partial charge in [0.2, 0.25) is 5.91 Å². The number of rotatable bonds is 3. The van der Waals surface area contributed by atoms with Gasteiger partial charge in [0.15, 0.2) is 0 Å². The molecule has 0 bridgehead atoms. The van der Waals surface area contributed by atoms with Crippen molar-refractivity contribution in [3.05, 3.63) is 29.6 Å². The van der Waals surface area contributed by atoms with Crippen molar-refractivity contribution in [1.29, 1.82) is 0 Å². The van der Waals surface area contributed by atoms with Gasteiger partial charge in [-0.05, 0) is 49.9 Å². The molecule has 0 aromatic heterocycles. The fraction of sp³-hybridized carbons (Fsp3) is 0.500. The Morgan fingerprint density at radius 3 is 2.67 bits per heavy atom. The SMILES string of the molecule is Cc1cc(F)cc(NCC(=O)N2CCCCC2)c1. The lowest BCUT2D eigenvalue weighted by Gasteiger charge is -2.26. The van der Waals surface area contributed by atoms with Crippen molar-refractivity contribution in [2.24, 2.45) is 0 Å². The van der Waals surface area contributed by atoms with Gasteiger partial charge in [0, 0.05) is 18.8 Å². The molecule has 1 amide bonds. The normalized spacial score (nSPS) is 15.6. The predicted molar refractivity (Wildman–Crippen MR) is 70.1 cm³/mol. The molecule has 0 spiro atoms. The Morgan fingerprint density at radius 1 is 1.28 bits per heavy atom. The number of aryl methyl sites for hydroxylation is 1. The summed E-state index contributed by atoms with van der Waals surface area (Å²) in [6.07, 6.45) is 3.38. The van der Waals surface area contributed by atoms with Crippen LogP contribution < -0.4 is 5.32 Å². The number of halogens is 1. The molecule has 0 aliphatic carbocycles. The van der Waals surface area contributed by atoms with Crippen LogP contribution in [0.5, 0.6) is 0 Å². The van der Waals surface area contributed by atoms with Gasteiger partial charge < -0.3 is 10.2 Å². The summed E-state index contributed by atoms with van der Waals surface area (Å²) in [7, 11) is 0. The van der Waals surface area contributed by atoms with Crippen LogP contribution in [0.2, 0.25) is 0 Å². The van der Waals surface area contributed by atoms with E-state index in [2.05, 4.69) is 5.32 Å². The number of likely N-dealkylation sites (tertiary alicyclic amines) is 1. The van der Waals surface area contributed by atoms with Gasteiger partial charge >= 0.3 is 0 Å². The van der Waals surface area contributed by atoms with Crippen LogP contribution in [-0.4, -0.2) is 30.4 Å². The van der Waals surface area contributed by atoms with Crippen LogP contribution in [-0.2, 0) is 4.79 Å². The maximum Gasteiger partial charge on any atom is 0.241 e. The van der Waals surface area contributed by atoms with Gasteiger partial charge in [0.1, 0.15) is 5.82 Å². The molecule has 3 nitrogen and oxygen atoms in total. The van der Waals surface area contributed by atoms with Crippen molar-refractivity contribution in [2.45, 2.75) is 26.2 Å². The number of carbonyl (C=O) groups is 1. The molecule has 1 fully saturated rings. The molecule has 1 N–H and O–H groups in total. The van der Waals surface area contributed by atoms with Crippen LogP contribution in [0.4, 0.5) is 10.1 Å². The van der Waals surface area contributed by atoms with E-state index in [9.17, 15) is 9.18 Å². The van der Waals surface area contributed by atoms with E-state index in [1.807, 2.05) is 17.9 Å². The molecule has 0 atom stereocenters. The van der Waals surface area contributed by atoms with Crippen LogP contribution in [0, 0.1) is 12.7 Å². The summed E-state index contributed by atoms with van der Waals surface area (Å²) in [6, 6.07) is 4.72. The second kappa shape index (κ2) is 5.85. The van der Waals surface area contributed by atoms with Gasteiger partial charge in [-0.1, -0.05) is 0 Å². The molecule has 1 aliphatic heterocycles. The number of hydrogen-bond donors (Lipinski definition) is 1. The summed E-state index contributed by atoms with van der Waals surface area (Å²) >= 11 is 0. The Kier molecular flexibility index (Phi) is 4.18. The standard InChI is InChI=1S/C14H19FN2O/c1-11-7-12(15)9-13(8-11)16-10-14(18)17-5-3-2-4-6-17/h7-9,16H,2-6,10H2,1H3. The van der Waals surface area contributed by atoms with Crippen molar-refractivity contribution in [2.75, 3.05) is 25.0 Å². The summed E-state index contributed by atoms with van der Waals surface area (Å²) < 4.78 is 13.2. The highest BCUT2D eigenvalue weighted by atomic mass is 19.1. The Balaban J connectivity index is 1.88. The molecule has 1 aromatic carbocycles. The number of anilines is 1. The van der Waals surface area contributed by atoms with E-state index in [1.54, 1.807) is 0 Å². The first kappa shape index (κ1) is 12.9. The Morgan fingerprint density at radius 2 is 2.00 bits per heavy atom. The van der Waals surface area contributed by atoms with Crippen LogP contribution in [0.15, 0.2) is 18.2 Å². The molecular weight excluding hydrogens is 231 g/mol. The Bertz CT molecular complexity index is 408. The smallest absolute Gasteiger partial charge is 0.241 e. The topological polar surface area (TPSA) is 32.3 Å². The third-order valence-corrected chi connectivity index (χ3v) is 3.19. The molecule has 0 unspecified atom stereocenters. The van der Waals surface area contributed by atoms with Crippen molar-refractivity contribution in [3.63, 3.8) is 0 Å². The first-order chi connectivity index (χ1) is 8.65. The van der Waals surface area contributed by atoms with Gasteiger partial charge in [-0.25, -0.2) is 4.39 Å². The lowest BCUT2D eigenvalue weighted by molar-refractivity contribution is -0.130. The van der Waals surface area contributed by atoms with Crippen LogP contribution in [0.3, 0.4) is 0 Å². The number of carbonyl (C=O) groups excluding carboxylic acids is 1. The molecule has 0 radical (unpaired) electrons. The lowest BCUT2D eigenvalue weighted by atomic mass is 10.1. The third kappa shape index (κ3) is 3.45. The molecule has 4 heteroatoms. The number of amides is 1.